The van der Waals surface area contributed by atoms with Crippen molar-refractivity contribution in [3.8, 4) is 0 Å². The van der Waals surface area contributed by atoms with E-state index in [0.29, 0.717) is 6.04 Å². The number of hydrogen-bond acceptors (Lipinski definition) is 1. The van der Waals surface area contributed by atoms with Crippen LogP contribution >= 0.6 is 0 Å². The predicted molar refractivity (Wildman–Crippen MR) is 47.0 cm³/mol. The molecule has 0 heterocycles. The standard InChI is InChI=1S/C5H11N.C4H10/c6-5-3-1-2-4-5;1-4(2)3/h5H,1-4,6H2;4H,1-3H3. The molecule has 0 amide bonds. The van der Waals surface area contributed by atoms with Crippen molar-refractivity contribution in [1.29, 1.82) is 0 Å². The molecule has 0 radical (unpaired) electrons. The molecule has 0 atom stereocenters. The van der Waals surface area contributed by atoms with Crippen molar-refractivity contribution in [2.24, 2.45) is 11.7 Å². The highest BCUT2D eigenvalue weighted by Crippen LogP contribution is 2.14. The van der Waals surface area contributed by atoms with E-state index in [4.69, 9.17) is 5.73 Å². The van der Waals surface area contributed by atoms with Crippen LogP contribution in [0.3, 0.4) is 0 Å². The van der Waals surface area contributed by atoms with E-state index in [1.807, 2.05) is 0 Å². The van der Waals surface area contributed by atoms with E-state index in [9.17, 15) is 0 Å². The van der Waals surface area contributed by atoms with Crippen LogP contribution in [0.2, 0.25) is 0 Å². The summed E-state index contributed by atoms with van der Waals surface area (Å²) in [5.74, 6) is 0.833. The Kier molecular flexibility index (Phi) is 5.70. The van der Waals surface area contributed by atoms with E-state index in [0.717, 1.165) is 5.92 Å². The minimum Gasteiger partial charge on any atom is -0.328 e. The average Bonchev–Trinajstić information content (AvgIpc) is 2.15. The third-order valence-electron chi connectivity index (χ3n) is 1.40. The van der Waals surface area contributed by atoms with Crippen LogP contribution in [-0.2, 0) is 0 Å². The van der Waals surface area contributed by atoms with Gasteiger partial charge < -0.3 is 5.73 Å². The van der Waals surface area contributed by atoms with Crippen LogP contribution < -0.4 is 5.73 Å². The maximum atomic E-state index is 5.53. The lowest BCUT2D eigenvalue weighted by Crippen LogP contribution is -2.13. The molecular weight excluding hydrogens is 122 g/mol. The van der Waals surface area contributed by atoms with Gasteiger partial charge in [-0.05, 0) is 18.8 Å². The van der Waals surface area contributed by atoms with Gasteiger partial charge in [0.2, 0.25) is 0 Å². The van der Waals surface area contributed by atoms with Gasteiger partial charge in [-0.3, -0.25) is 0 Å². The Morgan fingerprint density at radius 2 is 1.40 bits per heavy atom. The van der Waals surface area contributed by atoms with Crippen molar-refractivity contribution in [1.82, 2.24) is 0 Å². The Morgan fingerprint density at radius 3 is 1.50 bits per heavy atom. The molecule has 1 rings (SSSR count). The van der Waals surface area contributed by atoms with E-state index in [1.54, 1.807) is 0 Å². The van der Waals surface area contributed by atoms with Crippen LogP contribution in [0.25, 0.3) is 0 Å². The van der Waals surface area contributed by atoms with Gasteiger partial charge in [-0.25, -0.2) is 0 Å². The number of nitrogens with two attached hydrogens (primary N) is 1. The Hall–Kier alpha value is -0.0400. The zero-order chi connectivity index (χ0) is 7.98. The van der Waals surface area contributed by atoms with Crippen LogP contribution in [0.1, 0.15) is 46.5 Å². The maximum absolute atomic E-state index is 5.53. The molecule has 0 aromatic carbocycles. The summed E-state index contributed by atoms with van der Waals surface area (Å²) in [5.41, 5.74) is 5.53. The molecule has 10 heavy (non-hydrogen) atoms. The zero-order valence-corrected chi connectivity index (χ0v) is 7.56. The molecule has 1 heteroatoms. The largest absolute Gasteiger partial charge is 0.328 e. The average molecular weight is 143 g/mol. The Balaban J connectivity index is 0.000000180. The third kappa shape index (κ3) is 7.96. The molecule has 2 N–H and O–H groups in total. The van der Waals surface area contributed by atoms with Crippen LogP contribution in [-0.4, -0.2) is 6.04 Å². The number of hydrogen-bond donors (Lipinski definition) is 1. The maximum Gasteiger partial charge on any atom is 0.00388 e. The lowest BCUT2D eigenvalue weighted by molar-refractivity contribution is 0.704. The predicted octanol–water partition coefficient (Wildman–Crippen LogP) is 2.55. The highest BCUT2D eigenvalue weighted by molar-refractivity contribution is 4.67. The van der Waals surface area contributed by atoms with Gasteiger partial charge in [0.25, 0.3) is 0 Å². The van der Waals surface area contributed by atoms with Gasteiger partial charge >= 0.3 is 0 Å². The van der Waals surface area contributed by atoms with Crippen LogP contribution in [0.4, 0.5) is 0 Å². The summed E-state index contributed by atoms with van der Waals surface area (Å²) in [7, 11) is 0. The fourth-order valence-electron chi connectivity index (χ4n) is 0.957. The van der Waals surface area contributed by atoms with Crippen molar-refractivity contribution in [2.75, 3.05) is 0 Å². The molecule has 0 aliphatic heterocycles. The van der Waals surface area contributed by atoms with E-state index in [-0.39, 0.29) is 0 Å². The second-order valence-corrected chi connectivity index (χ2v) is 3.78. The van der Waals surface area contributed by atoms with Crippen LogP contribution in [0.15, 0.2) is 0 Å². The normalized spacial score (nSPS) is 18.9. The quantitative estimate of drug-likeness (QED) is 0.554. The minimum atomic E-state index is 0.546. The van der Waals surface area contributed by atoms with Crippen molar-refractivity contribution in [2.45, 2.75) is 52.5 Å². The Morgan fingerprint density at radius 1 is 1.10 bits per heavy atom. The van der Waals surface area contributed by atoms with Gasteiger partial charge in [-0.15, -0.1) is 0 Å². The lowest BCUT2D eigenvalue weighted by atomic mass is 10.3. The molecule has 62 valence electrons. The van der Waals surface area contributed by atoms with Gasteiger partial charge in [-0.1, -0.05) is 33.6 Å². The summed E-state index contributed by atoms with van der Waals surface area (Å²) in [5, 5.41) is 0. The van der Waals surface area contributed by atoms with Crippen molar-refractivity contribution in [3.63, 3.8) is 0 Å². The molecule has 0 bridgehead atoms. The Labute approximate surface area is 65.0 Å². The summed E-state index contributed by atoms with van der Waals surface area (Å²) < 4.78 is 0. The highest BCUT2D eigenvalue weighted by Gasteiger charge is 2.07. The molecule has 0 saturated heterocycles. The van der Waals surface area contributed by atoms with Gasteiger partial charge in [-0.2, -0.15) is 0 Å². The van der Waals surface area contributed by atoms with Crippen LogP contribution in [0.5, 0.6) is 0 Å². The summed E-state index contributed by atoms with van der Waals surface area (Å²) in [6.45, 7) is 6.50. The fourth-order valence-corrected chi connectivity index (χ4v) is 0.957. The van der Waals surface area contributed by atoms with E-state index in [2.05, 4.69) is 20.8 Å². The molecule has 0 aromatic heterocycles. The van der Waals surface area contributed by atoms with Crippen LogP contribution in [0, 0.1) is 5.92 Å². The molecule has 0 spiro atoms. The van der Waals surface area contributed by atoms with E-state index >= 15 is 0 Å². The monoisotopic (exact) mass is 143 g/mol. The smallest absolute Gasteiger partial charge is 0.00388 e. The second kappa shape index (κ2) is 5.72. The first-order chi connectivity index (χ1) is 4.63. The third-order valence-corrected chi connectivity index (χ3v) is 1.40. The number of rotatable bonds is 0. The van der Waals surface area contributed by atoms with E-state index < -0.39 is 0 Å². The SMILES string of the molecule is CC(C)C.NC1CCCC1. The fraction of sp³-hybridized carbons (Fsp3) is 1.00. The topological polar surface area (TPSA) is 26.0 Å². The van der Waals surface area contributed by atoms with Gasteiger partial charge in [0, 0.05) is 6.04 Å². The Bertz CT molecular complexity index is 60.4. The molecule has 1 nitrogen and oxygen atoms in total. The summed E-state index contributed by atoms with van der Waals surface area (Å²) >= 11 is 0. The van der Waals surface area contributed by atoms with Crippen molar-refractivity contribution in [3.05, 3.63) is 0 Å². The first kappa shape index (κ1) is 9.96. The molecule has 0 aromatic rings. The zero-order valence-electron chi connectivity index (χ0n) is 7.56. The van der Waals surface area contributed by atoms with Crippen molar-refractivity contribution < 1.29 is 0 Å². The minimum absolute atomic E-state index is 0.546. The molecular formula is C9H21N. The molecule has 1 aliphatic carbocycles. The second-order valence-electron chi connectivity index (χ2n) is 3.78. The highest BCUT2D eigenvalue weighted by atomic mass is 14.6. The molecule has 1 aliphatic rings. The summed E-state index contributed by atoms with van der Waals surface area (Å²) in [6, 6.07) is 0.546. The first-order valence-electron chi connectivity index (χ1n) is 4.38. The summed E-state index contributed by atoms with van der Waals surface area (Å²) in [6.07, 6.45) is 5.25. The molecule has 1 fully saturated rings. The van der Waals surface area contributed by atoms with Gasteiger partial charge in [0.1, 0.15) is 0 Å². The lowest BCUT2D eigenvalue weighted by Gasteiger charge is -1.92. The van der Waals surface area contributed by atoms with Gasteiger partial charge in [0.05, 0.1) is 0 Å². The van der Waals surface area contributed by atoms with E-state index in [1.165, 1.54) is 25.7 Å². The molecule has 1 saturated carbocycles. The summed E-state index contributed by atoms with van der Waals surface area (Å²) in [4.78, 5) is 0. The molecule has 0 unspecified atom stereocenters. The van der Waals surface area contributed by atoms with Gasteiger partial charge in [0.15, 0.2) is 0 Å². The first-order valence-corrected chi connectivity index (χ1v) is 4.38. The van der Waals surface area contributed by atoms with Crippen molar-refractivity contribution >= 4 is 0 Å².